The highest BCUT2D eigenvalue weighted by molar-refractivity contribution is 9.10. The SMILES string of the molecule is CCNC(c1cccc(Br)c1C)c1c(Cl)cnn1C. The van der Waals surface area contributed by atoms with E-state index in [0.717, 1.165) is 16.7 Å². The molecular weight excluding hydrogens is 326 g/mol. The van der Waals surface area contributed by atoms with Gasteiger partial charge in [-0.1, -0.05) is 46.6 Å². The van der Waals surface area contributed by atoms with Crippen LogP contribution >= 0.6 is 27.5 Å². The standard InChI is InChI=1S/C14H17BrClN3/c1-4-17-13(14-12(16)8-18-19(14)3)10-6-5-7-11(15)9(10)2/h5-8,13,17H,4H2,1-3H3. The van der Waals surface area contributed by atoms with Crippen molar-refractivity contribution in [2.75, 3.05) is 6.54 Å². The average Bonchev–Trinajstić information content (AvgIpc) is 2.70. The Morgan fingerprint density at radius 2 is 2.21 bits per heavy atom. The van der Waals surface area contributed by atoms with Crippen molar-refractivity contribution in [3.63, 3.8) is 0 Å². The molecular formula is C14H17BrClN3. The topological polar surface area (TPSA) is 29.9 Å². The summed E-state index contributed by atoms with van der Waals surface area (Å²) in [5.41, 5.74) is 3.41. The third kappa shape index (κ3) is 2.86. The molecule has 0 saturated carbocycles. The molecule has 0 radical (unpaired) electrons. The predicted molar refractivity (Wildman–Crippen MR) is 82.6 cm³/mol. The normalized spacial score (nSPS) is 12.7. The van der Waals surface area contributed by atoms with Crippen LogP contribution in [0.1, 0.15) is 29.8 Å². The highest BCUT2D eigenvalue weighted by Crippen LogP contribution is 2.32. The van der Waals surface area contributed by atoms with Crippen molar-refractivity contribution in [2.45, 2.75) is 19.9 Å². The lowest BCUT2D eigenvalue weighted by Crippen LogP contribution is -2.25. The van der Waals surface area contributed by atoms with Crippen LogP contribution in [0.25, 0.3) is 0 Å². The molecule has 3 nitrogen and oxygen atoms in total. The minimum absolute atomic E-state index is 0.0440. The fourth-order valence-corrected chi connectivity index (χ4v) is 2.90. The zero-order valence-corrected chi connectivity index (χ0v) is 13.6. The quantitative estimate of drug-likeness (QED) is 0.915. The van der Waals surface area contributed by atoms with Gasteiger partial charge < -0.3 is 5.32 Å². The molecule has 0 spiro atoms. The summed E-state index contributed by atoms with van der Waals surface area (Å²) >= 11 is 9.87. The Morgan fingerprint density at radius 1 is 1.47 bits per heavy atom. The molecule has 0 aliphatic rings. The first-order valence-electron chi connectivity index (χ1n) is 6.22. The molecule has 0 aliphatic heterocycles. The maximum atomic E-state index is 6.28. The van der Waals surface area contributed by atoms with E-state index in [1.54, 1.807) is 6.20 Å². The fraction of sp³-hybridized carbons (Fsp3) is 0.357. The van der Waals surface area contributed by atoms with E-state index in [1.165, 1.54) is 11.1 Å². The molecule has 0 amide bonds. The number of nitrogens with one attached hydrogen (secondary N) is 1. The van der Waals surface area contributed by atoms with Crippen molar-refractivity contribution in [3.8, 4) is 0 Å². The summed E-state index contributed by atoms with van der Waals surface area (Å²) in [7, 11) is 1.92. The molecule has 5 heteroatoms. The molecule has 2 rings (SSSR count). The second-order valence-electron chi connectivity index (χ2n) is 4.45. The Kier molecular flexibility index (Phi) is 4.66. The first-order chi connectivity index (χ1) is 9.06. The van der Waals surface area contributed by atoms with E-state index < -0.39 is 0 Å². The largest absolute Gasteiger partial charge is 0.305 e. The van der Waals surface area contributed by atoms with Crippen molar-refractivity contribution in [2.24, 2.45) is 7.05 Å². The number of aryl methyl sites for hydroxylation is 1. The lowest BCUT2D eigenvalue weighted by Gasteiger charge is -2.21. The van der Waals surface area contributed by atoms with Gasteiger partial charge in [0.25, 0.3) is 0 Å². The zero-order chi connectivity index (χ0) is 14.0. The Hall–Kier alpha value is -0.840. The summed E-state index contributed by atoms with van der Waals surface area (Å²) in [6.07, 6.45) is 1.69. The smallest absolute Gasteiger partial charge is 0.0837 e. The summed E-state index contributed by atoms with van der Waals surface area (Å²) in [4.78, 5) is 0. The third-order valence-corrected chi connectivity index (χ3v) is 4.39. The van der Waals surface area contributed by atoms with Gasteiger partial charge in [0, 0.05) is 11.5 Å². The summed E-state index contributed by atoms with van der Waals surface area (Å²) in [5, 5.41) is 8.40. The Labute approximate surface area is 127 Å². The molecule has 1 unspecified atom stereocenters. The number of aromatic nitrogens is 2. The summed E-state index contributed by atoms with van der Waals surface area (Å²) in [6.45, 7) is 5.05. The second kappa shape index (κ2) is 6.07. The highest BCUT2D eigenvalue weighted by Gasteiger charge is 2.22. The molecule has 19 heavy (non-hydrogen) atoms. The van der Waals surface area contributed by atoms with Crippen LogP contribution in [-0.2, 0) is 7.05 Å². The van der Waals surface area contributed by atoms with Gasteiger partial charge in [-0.3, -0.25) is 4.68 Å². The predicted octanol–water partition coefficient (Wildman–Crippen LogP) is 3.84. The minimum Gasteiger partial charge on any atom is -0.305 e. The van der Waals surface area contributed by atoms with E-state index in [-0.39, 0.29) is 6.04 Å². The summed E-state index contributed by atoms with van der Waals surface area (Å²) < 4.78 is 2.93. The maximum absolute atomic E-state index is 6.28. The summed E-state index contributed by atoms with van der Waals surface area (Å²) in [5.74, 6) is 0. The number of hydrogen-bond acceptors (Lipinski definition) is 2. The van der Waals surface area contributed by atoms with Crippen LogP contribution in [0.3, 0.4) is 0 Å². The van der Waals surface area contributed by atoms with Crippen LogP contribution in [0.15, 0.2) is 28.9 Å². The van der Waals surface area contributed by atoms with E-state index in [4.69, 9.17) is 11.6 Å². The minimum atomic E-state index is 0.0440. The molecule has 1 aromatic heterocycles. The van der Waals surface area contributed by atoms with Gasteiger partial charge in [-0.2, -0.15) is 5.10 Å². The van der Waals surface area contributed by atoms with Crippen molar-refractivity contribution in [1.29, 1.82) is 0 Å². The Morgan fingerprint density at radius 3 is 2.79 bits per heavy atom. The van der Waals surface area contributed by atoms with Gasteiger partial charge in [0.15, 0.2) is 0 Å². The van der Waals surface area contributed by atoms with Gasteiger partial charge in [0.05, 0.1) is 23.0 Å². The van der Waals surface area contributed by atoms with Crippen LogP contribution in [0.4, 0.5) is 0 Å². The average molecular weight is 343 g/mol. The number of halogens is 2. The number of benzene rings is 1. The van der Waals surface area contributed by atoms with Gasteiger partial charge in [-0.05, 0) is 30.7 Å². The molecule has 0 bridgehead atoms. The molecule has 0 fully saturated rings. The lowest BCUT2D eigenvalue weighted by molar-refractivity contribution is 0.570. The monoisotopic (exact) mass is 341 g/mol. The maximum Gasteiger partial charge on any atom is 0.0837 e. The van der Waals surface area contributed by atoms with Crippen molar-refractivity contribution in [1.82, 2.24) is 15.1 Å². The van der Waals surface area contributed by atoms with Crippen LogP contribution < -0.4 is 5.32 Å². The molecule has 1 N–H and O–H groups in total. The van der Waals surface area contributed by atoms with E-state index in [9.17, 15) is 0 Å². The first kappa shape index (κ1) is 14.6. The van der Waals surface area contributed by atoms with Gasteiger partial charge in [0.1, 0.15) is 0 Å². The molecule has 1 aromatic carbocycles. The zero-order valence-electron chi connectivity index (χ0n) is 11.2. The van der Waals surface area contributed by atoms with Gasteiger partial charge in [-0.25, -0.2) is 0 Å². The number of rotatable bonds is 4. The highest BCUT2D eigenvalue weighted by atomic mass is 79.9. The Bertz CT molecular complexity index is 561. The van der Waals surface area contributed by atoms with E-state index in [0.29, 0.717) is 5.02 Å². The lowest BCUT2D eigenvalue weighted by atomic mass is 9.98. The van der Waals surface area contributed by atoms with Crippen molar-refractivity contribution in [3.05, 3.63) is 50.7 Å². The Balaban J connectivity index is 2.55. The van der Waals surface area contributed by atoms with E-state index in [1.807, 2.05) is 23.9 Å². The van der Waals surface area contributed by atoms with E-state index in [2.05, 4.69) is 46.3 Å². The van der Waals surface area contributed by atoms with Crippen LogP contribution in [0, 0.1) is 6.92 Å². The summed E-state index contributed by atoms with van der Waals surface area (Å²) in [6, 6.07) is 6.26. The molecule has 2 aromatic rings. The van der Waals surface area contributed by atoms with Gasteiger partial charge in [0.2, 0.25) is 0 Å². The second-order valence-corrected chi connectivity index (χ2v) is 5.71. The van der Waals surface area contributed by atoms with Crippen LogP contribution in [-0.4, -0.2) is 16.3 Å². The first-order valence-corrected chi connectivity index (χ1v) is 7.39. The third-order valence-electron chi connectivity index (χ3n) is 3.24. The van der Waals surface area contributed by atoms with Gasteiger partial charge in [-0.15, -0.1) is 0 Å². The fourth-order valence-electron chi connectivity index (χ4n) is 2.24. The van der Waals surface area contributed by atoms with Crippen LogP contribution in [0.2, 0.25) is 5.02 Å². The van der Waals surface area contributed by atoms with Crippen molar-refractivity contribution < 1.29 is 0 Å². The van der Waals surface area contributed by atoms with Crippen molar-refractivity contribution >= 4 is 27.5 Å². The molecule has 1 atom stereocenters. The molecule has 0 saturated heterocycles. The molecule has 0 aliphatic carbocycles. The van der Waals surface area contributed by atoms with E-state index >= 15 is 0 Å². The molecule has 102 valence electrons. The number of nitrogens with zero attached hydrogens (tertiary/aromatic N) is 2. The van der Waals surface area contributed by atoms with Crippen LogP contribution in [0.5, 0.6) is 0 Å². The molecule has 1 heterocycles. The number of hydrogen-bond donors (Lipinski definition) is 1. The van der Waals surface area contributed by atoms with Gasteiger partial charge >= 0.3 is 0 Å².